The normalized spacial score (nSPS) is 18.0. The van der Waals surface area contributed by atoms with Gasteiger partial charge in [0.15, 0.2) is 0 Å². The van der Waals surface area contributed by atoms with Gasteiger partial charge in [0.25, 0.3) is 17.5 Å². The Kier molecular flexibility index (Phi) is 5.26. The van der Waals surface area contributed by atoms with Crippen LogP contribution < -0.4 is 0 Å². The molecule has 0 saturated heterocycles. The van der Waals surface area contributed by atoms with E-state index in [0.29, 0.717) is 12.0 Å². The first kappa shape index (κ1) is 21.9. The van der Waals surface area contributed by atoms with Gasteiger partial charge in [-0.25, -0.2) is 8.42 Å². The topological polar surface area (TPSA) is 118 Å². The van der Waals surface area contributed by atoms with Gasteiger partial charge in [0, 0.05) is 18.7 Å². The number of benzene rings is 3. The summed E-state index contributed by atoms with van der Waals surface area (Å²) in [5.41, 5.74) is 1.85. The van der Waals surface area contributed by atoms with Gasteiger partial charge in [0.2, 0.25) is 10.0 Å². The highest BCUT2D eigenvalue weighted by Crippen LogP contribution is 2.37. The predicted octanol–water partition coefficient (Wildman–Crippen LogP) is 3.18. The Hall–Kier alpha value is -3.89. The van der Waals surface area contributed by atoms with Crippen molar-refractivity contribution in [1.82, 2.24) is 9.21 Å². The molecular formula is C24H19N3O6S. The van der Waals surface area contributed by atoms with Gasteiger partial charge in [0.1, 0.15) is 0 Å². The number of fused-ring (bicyclic) bond motifs is 2. The van der Waals surface area contributed by atoms with E-state index < -0.39 is 32.8 Å². The molecule has 0 saturated carbocycles. The Bertz CT molecular complexity index is 1420. The number of carbonyl (C=O) groups is 2. The molecule has 2 aliphatic rings. The standard InChI is InChI=1S/C24H19N3O6S/c28-23-20-10-3-4-11-21(20)24(29)25(23)15-22-19-9-2-1-6-16(19)12-13-26(22)34(32,33)18-8-5-7-17(14-18)27(30)31/h1-11,14,22H,12-13,15H2/t22-/m1/s1. The quantitative estimate of drug-likeness (QED) is 0.316. The van der Waals surface area contributed by atoms with E-state index in [1.165, 1.54) is 22.5 Å². The van der Waals surface area contributed by atoms with Gasteiger partial charge >= 0.3 is 0 Å². The van der Waals surface area contributed by atoms with Crippen LogP contribution >= 0.6 is 0 Å². The molecule has 9 nitrogen and oxygen atoms in total. The third-order valence-electron chi connectivity index (χ3n) is 6.23. The Balaban J connectivity index is 1.57. The second-order valence-corrected chi connectivity index (χ2v) is 9.99. The second kappa shape index (κ2) is 8.15. The van der Waals surface area contributed by atoms with Crippen LogP contribution in [0.5, 0.6) is 0 Å². The lowest BCUT2D eigenvalue weighted by atomic mass is 9.94. The maximum Gasteiger partial charge on any atom is 0.270 e. The van der Waals surface area contributed by atoms with Gasteiger partial charge < -0.3 is 0 Å². The minimum atomic E-state index is -4.17. The Labute approximate surface area is 195 Å². The molecular weight excluding hydrogens is 458 g/mol. The van der Waals surface area contributed by atoms with Crippen LogP contribution in [0.3, 0.4) is 0 Å². The van der Waals surface area contributed by atoms with Crippen LogP contribution in [0.2, 0.25) is 0 Å². The fourth-order valence-electron chi connectivity index (χ4n) is 4.58. The molecule has 0 radical (unpaired) electrons. The molecule has 2 aliphatic heterocycles. The lowest BCUT2D eigenvalue weighted by Crippen LogP contribution is -2.46. The van der Waals surface area contributed by atoms with Crippen molar-refractivity contribution in [2.75, 3.05) is 13.1 Å². The number of hydrogen-bond donors (Lipinski definition) is 0. The van der Waals surface area contributed by atoms with E-state index in [1.54, 1.807) is 36.4 Å². The summed E-state index contributed by atoms with van der Waals surface area (Å²) in [5, 5.41) is 11.2. The number of imide groups is 1. The van der Waals surface area contributed by atoms with Crippen LogP contribution in [0.15, 0.2) is 77.7 Å². The molecule has 0 bridgehead atoms. The number of nitro benzene ring substituents is 1. The summed E-state index contributed by atoms with van der Waals surface area (Å²) < 4.78 is 28.5. The zero-order valence-electron chi connectivity index (χ0n) is 17.8. The fourth-order valence-corrected chi connectivity index (χ4v) is 6.21. The van der Waals surface area contributed by atoms with E-state index in [9.17, 15) is 28.1 Å². The first-order valence-electron chi connectivity index (χ1n) is 10.6. The third kappa shape index (κ3) is 3.47. The van der Waals surface area contributed by atoms with E-state index in [4.69, 9.17) is 0 Å². The number of carbonyl (C=O) groups excluding carboxylic acids is 2. The third-order valence-corrected chi connectivity index (χ3v) is 8.14. The lowest BCUT2D eigenvalue weighted by molar-refractivity contribution is -0.385. The van der Waals surface area contributed by atoms with E-state index >= 15 is 0 Å². The smallest absolute Gasteiger partial charge is 0.270 e. The lowest BCUT2D eigenvalue weighted by Gasteiger charge is -2.37. The van der Waals surface area contributed by atoms with Crippen molar-refractivity contribution < 1.29 is 22.9 Å². The van der Waals surface area contributed by atoms with Crippen LogP contribution in [-0.4, -0.2) is 47.5 Å². The van der Waals surface area contributed by atoms with Crippen molar-refractivity contribution in [2.24, 2.45) is 0 Å². The van der Waals surface area contributed by atoms with Crippen molar-refractivity contribution >= 4 is 27.5 Å². The molecule has 0 aliphatic carbocycles. The van der Waals surface area contributed by atoms with Crippen molar-refractivity contribution in [3.8, 4) is 0 Å². The molecule has 0 unspecified atom stereocenters. The highest BCUT2D eigenvalue weighted by atomic mass is 32.2. The predicted molar refractivity (Wildman–Crippen MR) is 122 cm³/mol. The first-order chi connectivity index (χ1) is 16.3. The molecule has 2 heterocycles. The average Bonchev–Trinajstić information content (AvgIpc) is 3.09. The van der Waals surface area contributed by atoms with Gasteiger partial charge in [-0.05, 0) is 35.7 Å². The molecule has 2 amide bonds. The van der Waals surface area contributed by atoms with Crippen molar-refractivity contribution in [2.45, 2.75) is 17.4 Å². The van der Waals surface area contributed by atoms with Gasteiger partial charge in [0.05, 0.1) is 33.5 Å². The van der Waals surface area contributed by atoms with Crippen molar-refractivity contribution in [3.63, 3.8) is 0 Å². The monoisotopic (exact) mass is 477 g/mol. The van der Waals surface area contributed by atoms with Gasteiger partial charge in [-0.3, -0.25) is 24.6 Å². The molecule has 3 aromatic rings. The molecule has 0 aromatic heterocycles. The number of amides is 2. The summed E-state index contributed by atoms with van der Waals surface area (Å²) in [6, 6.07) is 17.8. The van der Waals surface area contributed by atoms with Crippen LogP contribution in [0.1, 0.15) is 37.9 Å². The van der Waals surface area contributed by atoms with Crippen LogP contribution in [0.4, 0.5) is 5.69 Å². The van der Waals surface area contributed by atoms with Crippen LogP contribution in [0.25, 0.3) is 0 Å². The molecule has 0 fully saturated rings. The molecule has 1 atom stereocenters. The Morgan fingerprint density at radius 3 is 2.24 bits per heavy atom. The molecule has 0 N–H and O–H groups in total. The molecule has 3 aromatic carbocycles. The summed E-state index contributed by atoms with van der Waals surface area (Å²) in [5.74, 6) is -0.951. The summed E-state index contributed by atoms with van der Waals surface area (Å²) in [6.07, 6.45) is 0.433. The number of rotatable bonds is 5. The van der Waals surface area contributed by atoms with Gasteiger partial charge in [-0.1, -0.05) is 42.5 Å². The highest BCUT2D eigenvalue weighted by Gasteiger charge is 2.42. The number of hydrogen-bond acceptors (Lipinski definition) is 6. The van der Waals surface area contributed by atoms with E-state index in [1.807, 2.05) is 12.1 Å². The van der Waals surface area contributed by atoms with Crippen molar-refractivity contribution in [1.29, 1.82) is 0 Å². The van der Waals surface area contributed by atoms with Gasteiger partial charge in [-0.2, -0.15) is 4.31 Å². The maximum absolute atomic E-state index is 13.7. The highest BCUT2D eigenvalue weighted by molar-refractivity contribution is 7.89. The second-order valence-electron chi connectivity index (χ2n) is 8.10. The number of sulfonamides is 1. The number of nitro groups is 1. The van der Waals surface area contributed by atoms with E-state index in [0.717, 1.165) is 16.5 Å². The number of nitrogens with zero attached hydrogens (tertiary/aromatic N) is 3. The fraction of sp³-hybridized carbons (Fsp3) is 0.167. The maximum atomic E-state index is 13.7. The zero-order valence-corrected chi connectivity index (χ0v) is 18.6. The van der Waals surface area contributed by atoms with Gasteiger partial charge in [-0.15, -0.1) is 0 Å². The first-order valence-corrected chi connectivity index (χ1v) is 12.0. The van der Waals surface area contributed by atoms with E-state index in [-0.39, 0.29) is 34.8 Å². The van der Waals surface area contributed by atoms with Crippen molar-refractivity contribution in [3.05, 3.63) is 105 Å². The Morgan fingerprint density at radius 2 is 1.56 bits per heavy atom. The largest absolute Gasteiger partial charge is 0.272 e. The van der Waals surface area contributed by atoms with Crippen LogP contribution in [-0.2, 0) is 16.4 Å². The summed E-state index contributed by atoms with van der Waals surface area (Å²) in [4.78, 5) is 37.4. The molecule has 34 heavy (non-hydrogen) atoms. The molecule has 10 heteroatoms. The molecule has 172 valence electrons. The number of non-ortho nitro benzene ring substituents is 1. The Morgan fingerprint density at radius 1 is 0.912 bits per heavy atom. The van der Waals surface area contributed by atoms with Crippen LogP contribution in [0, 0.1) is 10.1 Å². The molecule has 0 spiro atoms. The summed E-state index contributed by atoms with van der Waals surface area (Å²) in [7, 11) is -4.17. The zero-order chi connectivity index (χ0) is 24.0. The summed E-state index contributed by atoms with van der Waals surface area (Å²) >= 11 is 0. The van der Waals surface area contributed by atoms with E-state index in [2.05, 4.69) is 0 Å². The molecule has 5 rings (SSSR count). The minimum Gasteiger partial charge on any atom is -0.272 e. The average molecular weight is 477 g/mol. The minimum absolute atomic E-state index is 0.107. The summed E-state index contributed by atoms with van der Waals surface area (Å²) in [6.45, 7) is -0.0621. The SMILES string of the molecule is O=C1c2ccccc2C(=O)N1C[C@@H]1c2ccccc2CCN1S(=O)(=O)c1cccc([N+](=O)[O-])c1.